The third-order valence-electron chi connectivity index (χ3n) is 5.15. The third-order valence-corrected chi connectivity index (χ3v) is 5.15. The molecule has 0 radical (unpaired) electrons. The van der Waals surface area contributed by atoms with Gasteiger partial charge in [-0.05, 0) is 31.0 Å². The molecule has 33 heavy (non-hydrogen) atoms. The number of rotatable bonds is 13. The van der Waals surface area contributed by atoms with Crippen LogP contribution in [-0.4, -0.2) is 41.4 Å². The summed E-state index contributed by atoms with van der Waals surface area (Å²) in [6.07, 6.45) is 7.83. The van der Waals surface area contributed by atoms with Crippen molar-refractivity contribution >= 4 is 28.4 Å². The number of carbonyl (C=O) groups is 1. The highest BCUT2D eigenvalue weighted by Crippen LogP contribution is 2.33. The van der Waals surface area contributed by atoms with E-state index in [1.807, 2.05) is 24.3 Å². The number of ether oxygens (including phenoxy) is 3. The molecule has 2 aromatic carbocycles. The maximum atomic E-state index is 10.7. The first-order chi connectivity index (χ1) is 16.1. The first-order valence-electron chi connectivity index (χ1n) is 11.2. The summed E-state index contributed by atoms with van der Waals surface area (Å²) < 4.78 is 16.0. The van der Waals surface area contributed by atoms with E-state index >= 15 is 0 Å². The van der Waals surface area contributed by atoms with Crippen LogP contribution in [0.1, 0.15) is 45.4 Å². The Labute approximate surface area is 193 Å². The van der Waals surface area contributed by atoms with E-state index in [4.69, 9.17) is 14.2 Å². The Kier molecular flexibility index (Phi) is 9.11. The predicted octanol–water partition coefficient (Wildman–Crippen LogP) is 5.37. The lowest BCUT2D eigenvalue weighted by Crippen LogP contribution is -2.00. The van der Waals surface area contributed by atoms with Gasteiger partial charge in [0.15, 0.2) is 11.5 Å². The zero-order valence-corrected chi connectivity index (χ0v) is 19.2. The van der Waals surface area contributed by atoms with Crippen LogP contribution in [0.5, 0.6) is 17.2 Å². The smallest absolute Gasteiger partial charge is 0.302 e. The number of benzene rings is 2. The van der Waals surface area contributed by atoms with Gasteiger partial charge in [-0.1, -0.05) is 31.7 Å². The predicted molar refractivity (Wildman–Crippen MR) is 127 cm³/mol. The zero-order chi connectivity index (χ0) is 23.5. The number of unbranched alkanes of at least 4 members (excludes halogenated alkanes) is 5. The number of nitrogens with zero attached hydrogens (tertiary/aromatic N) is 2. The molecule has 0 unspecified atom stereocenters. The van der Waals surface area contributed by atoms with Crippen molar-refractivity contribution in [2.45, 2.75) is 45.4 Å². The van der Waals surface area contributed by atoms with Crippen molar-refractivity contribution in [2.75, 3.05) is 25.6 Å². The molecule has 0 fully saturated rings. The second-order valence-corrected chi connectivity index (χ2v) is 7.73. The van der Waals surface area contributed by atoms with Gasteiger partial charge >= 0.3 is 5.97 Å². The van der Waals surface area contributed by atoms with Crippen LogP contribution in [0.2, 0.25) is 0 Å². The fourth-order valence-electron chi connectivity index (χ4n) is 3.45. The van der Waals surface area contributed by atoms with Crippen LogP contribution in [0.3, 0.4) is 0 Å². The lowest BCUT2D eigenvalue weighted by atomic mass is 10.1. The fraction of sp³-hybridized carbons (Fsp3) is 0.400. The highest BCUT2D eigenvalue weighted by Gasteiger charge is 2.10. The van der Waals surface area contributed by atoms with Gasteiger partial charge in [-0.3, -0.25) is 4.79 Å². The minimum absolute atomic E-state index is 0.0318. The molecule has 0 aliphatic carbocycles. The number of anilines is 2. The summed E-state index contributed by atoms with van der Waals surface area (Å²) in [5.74, 6) is 1.55. The van der Waals surface area contributed by atoms with Crippen molar-refractivity contribution in [3.05, 3.63) is 42.7 Å². The van der Waals surface area contributed by atoms with Crippen molar-refractivity contribution in [2.24, 2.45) is 0 Å². The quantitative estimate of drug-likeness (QED) is 0.263. The number of nitrogens with one attached hydrogen (secondary N) is 1. The van der Waals surface area contributed by atoms with Crippen LogP contribution >= 0.6 is 0 Å². The number of aromatic nitrogens is 2. The maximum absolute atomic E-state index is 10.7. The Morgan fingerprint density at radius 1 is 1.00 bits per heavy atom. The van der Waals surface area contributed by atoms with Crippen LogP contribution < -0.4 is 14.8 Å². The summed E-state index contributed by atoms with van der Waals surface area (Å²) in [5.41, 5.74) is 1.50. The van der Waals surface area contributed by atoms with E-state index in [9.17, 15) is 9.90 Å². The number of aromatic hydroxyl groups is 1. The standard InChI is InChI=1S/C25H31N3O5/c1-18(29)32-12-7-5-3-4-6-8-13-33-20-11-9-10-19(14-20)28-25-21-15-23(30)24(31-2)16-22(21)26-17-27-25/h9-11,14-17,30H,3-8,12-13H2,1-2H3,(H,26,27,28). The molecule has 0 bridgehead atoms. The summed E-state index contributed by atoms with van der Waals surface area (Å²) in [6, 6.07) is 11.0. The van der Waals surface area contributed by atoms with Crippen LogP contribution in [0, 0.1) is 0 Å². The molecule has 1 heterocycles. The number of carbonyl (C=O) groups excluding carboxylic acids is 1. The average Bonchev–Trinajstić information content (AvgIpc) is 2.80. The minimum Gasteiger partial charge on any atom is -0.504 e. The molecule has 0 saturated carbocycles. The minimum atomic E-state index is -0.211. The highest BCUT2D eigenvalue weighted by molar-refractivity contribution is 5.93. The van der Waals surface area contributed by atoms with Crippen LogP contribution in [-0.2, 0) is 9.53 Å². The number of esters is 1. The lowest BCUT2D eigenvalue weighted by Gasteiger charge is -2.12. The summed E-state index contributed by atoms with van der Waals surface area (Å²) in [4.78, 5) is 19.3. The topological polar surface area (TPSA) is 103 Å². The Morgan fingerprint density at radius 2 is 1.76 bits per heavy atom. The summed E-state index contributed by atoms with van der Waals surface area (Å²) in [7, 11) is 1.50. The van der Waals surface area contributed by atoms with Gasteiger partial charge in [0, 0.05) is 30.1 Å². The van der Waals surface area contributed by atoms with E-state index in [0.29, 0.717) is 35.7 Å². The summed E-state index contributed by atoms with van der Waals surface area (Å²) >= 11 is 0. The second-order valence-electron chi connectivity index (χ2n) is 7.73. The van der Waals surface area contributed by atoms with E-state index in [2.05, 4.69) is 15.3 Å². The molecule has 3 aromatic rings. The number of phenols is 1. The third kappa shape index (κ3) is 7.52. The number of hydrogen-bond donors (Lipinski definition) is 2. The Morgan fingerprint density at radius 3 is 2.52 bits per heavy atom. The van der Waals surface area contributed by atoms with Crippen LogP contribution in [0.4, 0.5) is 11.5 Å². The van der Waals surface area contributed by atoms with E-state index in [1.165, 1.54) is 20.4 Å². The van der Waals surface area contributed by atoms with Crippen molar-refractivity contribution < 1.29 is 24.1 Å². The molecule has 0 saturated heterocycles. The molecule has 8 nitrogen and oxygen atoms in total. The fourth-order valence-corrected chi connectivity index (χ4v) is 3.45. The van der Waals surface area contributed by atoms with Crippen molar-refractivity contribution in [3.8, 4) is 17.2 Å². The van der Waals surface area contributed by atoms with Gasteiger partial charge in [0.2, 0.25) is 0 Å². The average molecular weight is 454 g/mol. The molecule has 0 aliphatic heterocycles. The molecule has 8 heteroatoms. The summed E-state index contributed by atoms with van der Waals surface area (Å²) in [6.45, 7) is 2.61. The van der Waals surface area contributed by atoms with Gasteiger partial charge in [0.05, 0.1) is 25.8 Å². The van der Waals surface area contributed by atoms with E-state index in [-0.39, 0.29) is 11.7 Å². The second kappa shape index (κ2) is 12.5. The first-order valence-corrected chi connectivity index (χ1v) is 11.2. The first kappa shape index (κ1) is 24.1. The van der Waals surface area contributed by atoms with Gasteiger partial charge in [-0.25, -0.2) is 9.97 Å². The number of fused-ring (bicyclic) bond motifs is 1. The Bertz CT molecular complexity index is 1060. The maximum Gasteiger partial charge on any atom is 0.302 e. The number of phenolic OH excluding ortho intramolecular Hbond substituents is 1. The molecular formula is C25H31N3O5. The van der Waals surface area contributed by atoms with E-state index in [1.54, 1.807) is 12.1 Å². The molecule has 0 amide bonds. The largest absolute Gasteiger partial charge is 0.504 e. The van der Waals surface area contributed by atoms with Gasteiger partial charge < -0.3 is 24.6 Å². The molecule has 2 N–H and O–H groups in total. The van der Waals surface area contributed by atoms with Crippen molar-refractivity contribution in [1.82, 2.24) is 9.97 Å². The lowest BCUT2D eigenvalue weighted by molar-refractivity contribution is -0.141. The van der Waals surface area contributed by atoms with Gasteiger partial charge in [0.1, 0.15) is 17.9 Å². The molecule has 0 aliphatic rings. The monoisotopic (exact) mass is 453 g/mol. The van der Waals surface area contributed by atoms with Crippen LogP contribution in [0.25, 0.3) is 10.9 Å². The number of hydrogen-bond acceptors (Lipinski definition) is 8. The van der Waals surface area contributed by atoms with Crippen LogP contribution in [0.15, 0.2) is 42.7 Å². The molecule has 176 valence electrons. The zero-order valence-electron chi connectivity index (χ0n) is 19.2. The van der Waals surface area contributed by atoms with Crippen molar-refractivity contribution in [3.63, 3.8) is 0 Å². The molecular weight excluding hydrogens is 422 g/mol. The molecule has 3 rings (SSSR count). The normalized spacial score (nSPS) is 10.7. The SMILES string of the molecule is COc1cc2ncnc(Nc3cccc(OCCCCCCCCOC(C)=O)c3)c2cc1O. The molecule has 0 atom stereocenters. The van der Waals surface area contributed by atoms with E-state index < -0.39 is 0 Å². The highest BCUT2D eigenvalue weighted by atomic mass is 16.5. The Balaban J connectivity index is 1.46. The van der Waals surface area contributed by atoms with Crippen molar-refractivity contribution in [1.29, 1.82) is 0 Å². The number of methoxy groups -OCH3 is 1. The van der Waals surface area contributed by atoms with Gasteiger partial charge in [0.25, 0.3) is 0 Å². The Hall–Kier alpha value is -3.55. The van der Waals surface area contributed by atoms with Gasteiger partial charge in [-0.15, -0.1) is 0 Å². The molecule has 0 spiro atoms. The van der Waals surface area contributed by atoms with Gasteiger partial charge in [-0.2, -0.15) is 0 Å². The molecule has 1 aromatic heterocycles. The summed E-state index contributed by atoms with van der Waals surface area (Å²) in [5, 5.41) is 14.1. The van der Waals surface area contributed by atoms with E-state index in [0.717, 1.165) is 50.0 Å².